The first-order chi connectivity index (χ1) is 14.9. The molecule has 0 fully saturated rings. The number of aromatic nitrogens is 2. The van der Waals surface area contributed by atoms with Gasteiger partial charge in [0, 0.05) is 36.1 Å². The summed E-state index contributed by atoms with van der Waals surface area (Å²) in [6, 6.07) is 20.1. The molecular formula is C28H24N3+. The zero-order chi connectivity index (χ0) is 21.5. The zero-order valence-electron chi connectivity index (χ0n) is 18.3. The Hall–Kier alpha value is -3.64. The first kappa shape index (κ1) is 18.2. The summed E-state index contributed by atoms with van der Waals surface area (Å²) in [5.41, 5.74) is 7.16. The van der Waals surface area contributed by atoms with Crippen LogP contribution in [0.1, 0.15) is 25.0 Å². The average Bonchev–Trinajstić information content (AvgIpc) is 3.08. The summed E-state index contributed by atoms with van der Waals surface area (Å²) < 4.78 is 4.71. The van der Waals surface area contributed by atoms with Crippen LogP contribution in [0, 0.1) is 13.5 Å². The SMILES string of the molecule is [C-]#[N+]C(C)(C)Cc1ccc2c(c1)c1cc[n+](C)c3c4c(C)ccc5cccc(c54)n2c13. The number of fused-ring (bicyclic) bond motifs is 5. The second-order valence-corrected chi connectivity index (χ2v) is 9.46. The highest BCUT2D eigenvalue weighted by Gasteiger charge is 2.26. The molecule has 0 atom stereocenters. The maximum absolute atomic E-state index is 7.52. The highest BCUT2D eigenvalue weighted by molar-refractivity contribution is 6.25. The molecule has 0 radical (unpaired) electrons. The summed E-state index contributed by atoms with van der Waals surface area (Å²) in [6.45, 7) is 13.8. The van der Waals surface area contributed by atoms with Crippen molar-refractivity contribution in [2.45, 2.75) is 32.7 Å². The van der Waals surface area contributed by atoms with Gasteiger partial charge in [-0.05, 0) is 41.6 Å². The smallest absolute Gasteiger partial charge is 0.238 e. The molecule has 3 nitrogen and oxygen atoms in total. The van der Waals surface area contributed by atoms with Crippen LogP contribution in [-0.4, -0.2) is 9.94 Å². The van der Waals surface area contributed by atoms with Crippen LogP contribution in [0.3, 0.4) is 0 Å². The number of rotatable bonds is 2. The first-order valence-corrected chi connectivity index (χ1v) is 10.8. The molecule has 0 aliphatic rings. The third-order valence-corrected chi connectivity index (χ3v) is 6.76. The molecule has 0 N–H and O–H groups in total. The molecule has 150 valence electrons. The molecule has 3 aromatic carbocycles. The number of aryl methyl sites for hydroxylation is 2. The summed E-state index contributed by atoms with van der Waals surface area (Å²) in [6.07, 6.45) is 2.94. The van der Waals surface area contributed by atoms with Gasteiger partial charge in [0.25, 0.3) is 0 Å². The van der Waals surface area contributed by atoms with Gasteiger partial charge in [-0.3, -0.25) is 0 Å². The Bertz CT molecular complexity index is 1710. The van der Waals surface area contributed by atoms with Crippen molar-refractivity contribution in [2.75, 3.05) is 0 Å². The fourth-order valence-corrected chi connectivity index (χ4v) is 5.34. The van der Waals surface area contributed by atoms with E-state index < -0.39 is 5.54 Å². The van der Waals surface area contributed by atoms with Gasteiger partial charge in [0.15, 0.2) is 6.20 Å². The molecule has 0 bridgehead atoms. The molecule has 3 heteroatoms. The second kappa shape index (κ2) is 5.95. The highest BCUT2D eigenvalue weighted by Crippen LogP contribution is 2.40. The van der Waals surface area contributed by atoms with Gasteiger partial charge in [-0.1, -0.05) is 30.3 Å². The summed E-state index contributed by atoms with van der Waals surface area (Å²) >= 11 is 0. The molecule has 0 spiro atoms. The van der Waals surface area contributed by atoms with Gasteiger partial charge >= 0.3 is 0 Å². The van der Waals surface area contributed by atoms with Crippen molar-refractivity contribution in [2.24, 2.45) is 7.05 Å². The van der Waals surface area contributed by atoms with Gasteiger partial charge in [-0.25, -0.2) is 6.57 Å². The Kier molecular flexibility index (Phi) is 3.49. The van der Waals surface area contributed by atoms with Crippen molar-refractivity contribution in [1.29, 1.82) is 0 Å². The first-order valence-electron chi connectivity index (χ1n) is 10.8. The Labute approximate surface area is 181 Å². The summed E-state index contributed by atoms with van der Waals surface area (Å²) in [5.74, 6) is 0. The molecule has 0 amide bonds. The minimum atomic E-state index is -0.392. The molecule has 3 aromatic heterocycles. The van der Waals surface area contributed by atoms with E-state index in [-0.39, 0.29) is 0 Å². The van der Waals surface area contributed by atoms with Gasteiger partial charge in [-0.2, -0.15) is 4.57 Å². The highest BCUT2D eigenvalue weighted by atomic mass is 15.0. The van der Waals surface area contributed by atoms with Gasteiger partial charge < -0.3 is 9.25 Å². The molecule has 31 heavy (non-hydrogen) atoms. The van der Waals surface area contributed by atoms with Crippen molar-refractivity contribution in [3.63, 3.8) is 0 Å². The van der Waals surface area contributed by atoms with Crippen molar-refractivity contribution in [3.05, 3.63) is 83.3 Å². The number of hydrogen-bond acceptors (Lipinski definition) is 0. The van der Waals surface area contributed by atoms with E-state index in [1.54, 1.807) is 0 Å². The fraction of sp³-hybridized carbons (Fsp3) is 0.214. The monoisotopic (exact) mass is 402 g/mol. The van der Waals surface area contributed by atoms with Crippen LogP contribution < -0.4 is 4.57 Å². The Morgan fingerprint density at radius 3 is 2.61 bits per heavy atom. The second-order valence-electron chi connectivity index (χ2n) is 9.46. The molecule has 0 unspecified atom stereocenters. The van der Waals surface area contributed by atoms with Crippen LogP contribution in [0.25, 0.3) is 53.8 Å². The van der Waals surface area contributed by atoms with Crippen molar-refractivity contribution in [1.82, 2.24) is 4.40 Å². The third kappa shape index (κ3) is 2.36. The van der Waals surface area contributed by atoms with Crippen molar-refractivity contribution < 1.29 is 4.57 Å². The molecule has 0 aliphatic carbocycles. The van der Waals surface area contributed by atoms with Crippen LogP contribution >= 0.6 is 0 Å². The molecule has 3 heterocycles. The number of nitrogens with zero attached hydrogens (tertiary/aromatic N) is 3. The largest absolute Gasteiger partial charge is 0.311 e. The number of hydrogen-bond donors (Lipinski definition) is 0. The van der Waals surface area contributed by atoms with Crippen LogP contribution in [0.5, 0.6) is 0 Å². The van der Waals surface area contributed by atoms with Crippen LogP contribution in [0.15, 0.2) is 60.8 Å². The molecule has 6 aromatic rings. The van der Waals surface area contributed by atoms with Crippen LogP contribution in [0.4, 0.5) is 0 Å². The Morgan fingerprint density at radius 1 is 0.968 bits per heavy atom. The lowest BCUT2D eigenvalue weighted by atomic mass is 9.95. The molecule has 0 aliphatic heterocycles. The van der Waals surface area contributed by atoms with Crippen LogP contribution in [-0.2, 0) is 13.5 Å². The van der Waals surface area contributed by atoms with E-state index in [4.69, 9.17) is 6.57 Å². The van der Waals surface area contributed by atoms with E-state index >= 15 is 0 Å². The number of pyridine rings is 2. The lowest BCUT2D eigenvalue weighted by Crippen LogP contribution is -2.28. The molecule has 0 saturated carbocycles. The lowest BCUT2D eigenvalue weighted by molar-refractivity contribution is -0.644. The van der Waals surface area contributed by atoms with E-state index in [1.165, 1.54) is 60.1 Å². The molecular weight excluding hydrogens is 378 g/mol. The van der Waals surface area contributed by atoms with E-state index in [1.807, 2.05) is 13.8 Å². The quantitative estimate of drug-likeness (QED) is 0.138. The molecule has 6 rings (SSSR count). The van der Waals surface area contributed by atoms with Gasteiger partial charge in [0.2, 0.25) is 11.1 Å². The van der Waals surface area contributed by atoms with E-state index in [0.717, 1.165) is 6.42 Å². The third-order valence-electron chi connectivity index (χ3n) is 6.76. The average molecular weight is 403 g/mol. The predicted octanol–water partition coefficient (Wildman–Crippen LogP) is 6.36. The van der Waals surface area contributed by atoms with Gasteiger partial charge in [-0.15, -0.1) is 0 Å². The standard InChI is InChI=1S/C28H24N3/c1-17-9-11-19-7-6-8-23-25(19)24(17)27-26-20(13-14-30(27)5)21-15-18(16-28(2,3)29-4)10-12-22(21)31(23)26/h6-15H,16H2,1-3,5H3/q+1. The Morgan fingerprint density at radius 2 is 1.81 bits per heavy atom. The minimum Gasteiger partial charge on any atom is -0.311 e. The van der Waals surface area contributed by atoms with Gasteiger partial charge in [0.1, 0.15) is 12.6 Å². The lowest BCUT2D eigenvalue weighted by Gasteiger charge is -2.13. The fourth-order valence-electron chi connectivity index (χ4n) is 5.34. The predicted molar refractivity (Wildman–Crippen MR) is 129 cm³/mol. The van der Waals surface area contributed by atoms with Gasteiger partial charge in [0.05, 0.1) is 22.8 Å². The van der Waals surface area contributed by atoms with Crippen LogP contribution in [0.2, 0.25) is 0 Å². The van der Waals surface area contributed by atoms with E-state index in [2.05, 4.69) is 88.6 Å². The zero-order valence-corrected chi connectivity index (χ0v) is 18.3. The normalized spacial score (nSPS) is 12.6. The van der Waals surface area contributed by atoms with E-state index in [0.29, 0.717) is 0 Å². The summed E-state index contributed by atoms with van der Waals surface area (Å²) in [5, 5.41) is 6.48. The van der Waals surface area contributed by atoms with Crippen molar-refractivity contribution >= 4 is 49.0 Å². The summed E-state index contributed by atoms with van der Waals surface area (Å²) in [4.78, 5) is 3.82. The molecule has 0 saturated heterocycles. The topological polar surface area (TPSA) is 12.7 Å². The maximum Gasteiger partial charge on any atom is 0.238 e. The maximum atomic E-state index is 7.52. The number of benzene rings is 3. The van der Waals surface area contributed by atoms with Crippen molar-refractivity contribution in [3.8, 4) is 0 Å². The van der Waals surface area contributed by atoms with E-state index in [9.17, 15) is 0 Å². The summed E-state index contributed by atoms with van der Waals surface area (Å²) in [7, 11) is 2.15. The Balaban J connectivity index is 1.87. The minimum absolute atomic E-state index is 0.392.